The monoisotopic (exact) mass is 533 g/mol. The zero-order valence-corrected chi connectivity index (χ0v) is 23.9. The van der Waals surface area contributed by atoms with Gasteiger partial charge in [-0.3, -0.25) is 19.3 Å². The Hall–Kier alpha value is -2.37. The topological polar surface area (TPSA) is 112 Å². The maximum atomic E-state index is 13.2. The molecule has 1 aromatic rings. The highest BCUT2D eigenvalue weighted by Gasteiger charge is 2.56. The van der Waals surface area contributed by atoms with Crippen molar-refractivity contribution in [1.29, 1.82) is 0 Å². The van der Waals surface area contributed by atoms with E-state index in [1.807, 2.05) is 43.4 Å². The minimum atomic E-state index is -2.52. The Morgan fingerprint density at radius 1 is 1.08 bits per heavy atom. The fourth-order valence-corrected chi connectivity index (χ4v) is 5.25. The number of esters is 1. The van der Waals surface area contributed by atoms with Crippen molar-refractivity contribution in [2.75, 3.05) is 6.61 Å². The van der Waals surface area contributed by atoms with E-state index < -0.39 is 56.7 Å². The van der Waals surface area contributed by atoms with Gasteiger partial charge in [0.05, 0.1) is 13.2 Å². The molecule has 2 amide bonds. The van der Waals surface area contributed by atoms with Gasteiger partial charge in [0.1, 0.15) is 18.2 Å². The first-order valence-corrected chi connectivity index (χ1v) is 15.4. The summed E-state index contributed by atoms with van der Waals surface area (Å²) >= 11 is 0. The molecular formula is C27H39NO8Si. The lowest BCUT2D eigenvalue weighted by Crippen LogP contribution is -2.68. The van der Waals surface area contributed by atoms with Crippen molar-refractivity contribution in [2.45, 2.75) is 96.9 Å². The van der Waals surface area contributed by atoms with Crippen LogP contribution in [0.3, 0.4) is 0 Å². The number of imide groups is 1. The minimum Gasteiger partial charge on any atom is -0.457 e. The minimum absolute atomic E-state index is 0.0178. The highest BCUT2D eigenvalue weighted by molar-refractivity contribution is 6.74. The van der Waals surface area contributed by atoms with Crippen molar-refractivity contribution in [3.05, 3.63) is 47.0 Å². The molecule has 0 bridgehead atoms. The molecular weight excluding hydrogens is 494 g/mol. The average Bonchev–Trinajstić information content (AvgIpc) is 2.99. The van der Waals surface area contributed by atoms with Gasteiger partial charge < -0.3 is 23.7 Å². The summed E-state index contributed by atoms with van der Waals surface area (Å²) in [4.78, 5) is 39.5. The molecule has 1 fully saturated rings. The summed E-state index contributed by atoms with van der Waals surface area (Å²) in [6.45, 7) is 14.8. The third kappa shape index (κ3) is 6.20. The lowest BCUT2D eigenvalue weighted by Gasteiger charge is -2.49. The Kier molecular flexibility index (Phi) is 8.81. The molecule has 3 rings (SSSR count). The van der Waals surface area contributed by atoms with Crippen LogP contribution in [-0.2, 0) is 39.6 Å². The molecule has 9 nitrogen and oxygen atoms in total. The number of aliphatic hydroxyl groups excluding tert-OH is 1. The van der Waals surface area contributed by atoms with Gasteiger partial charge in [-0.05, 0) is 37.5 Å². The molecule has 0 radical (unpaired) electrons. The van der Waals surface area contributed by atoms with Crippen LogP contribution < -0.4 is 0 Å². The number of amides is 2. The van der Waals surface area contributed by atoms with Crippen molar-refractivity contribution < 1.29 is 38.1 Å². The molecule has 0 unspecified atom stereocenters. The van der Waals surface area contributed by atoms with Crippen LogP contribution in [-0.4, -0.2) is 73.4 Å². The summed E-state index contributed by atoms with van der Waals surface area (Å²) in [6, 6.07) is 8.37. The quantitative estimate of drug-likeness (QED) is 0.308. The summed E-state index contributed by atoms with van der Waals surface area (Å²) in [5.41, 5.74) is 1.53. The lowest BCUT2D eigenvalue weighted by atomic mass is 9.95. The summed E-state index contributed by atoms with van der Waals surface area (Å²) in [7, 11) is -2.52. The van der Waals surface area contributed by atoms with E-state index in [-0.39, 0.29) is 18.3 Å². The van der Waals surface area contributed by atoms with Crippen molar-refractivity contribution in [3.8, 4) is 0 Å². The van der Waals surface area contributed by atoms with E-state index in [1.54, 1.807) is 13.8 Å². The van der Waals surface area contributed by atoms with E-state index in [4.69, 9.17) is 18.6 Å². The van der Waals surface area contributed by atoms with Crippen LogP contribution in [0.15, 0.2) is 41.5 Å². The van der Waals surface area contributed by atoms with Gasteiger partial charge in [0.25, 0.3) is 11.8 Å². The molecule has 37 heavy (non-hydrogen) atoms. The standard InChI is InChI=1S/C27H39NO8Si/c1-16-17(2)25(32)28(24(16)31)21-23(34-18(3)29)22(30)20(15-33-14-19-12-10-9-11-13-19)35-26(21)36-37(7,8)27(4,5)6/h9-13,20-23,26,30H,14-15H2,1-8H3/t20-,21-,22-,23-,26+/m1/s1. The van der Waals surface area contributed by atoms with Crippen LogP contribution in [0.2, 0.25) is 18.1 Å². The highest BCUT2D eigenvalue weighted by atomic mass is 28.4. The van der Waals surface area contributed by atoms with Crippen molar-refractivity contribution in [3.63, 3.8) is 0 Å². The van der Waals surface area contributed by atoms with Crippen LogP contribution in [0, 0.1) is 0 Å². The van der Waals surface area contributed by atoms with Crippen molar-refractivity contribution in [1.82, 2.24) is 4.90 Å². The Morgan fingerprint density at radius 3 is 2.16 bits per heavy atom. The second-order valence-corrected chi connectivity index (χ2v) is 16.0. The Morgan fingerprint density at radius 2 is 1.65 bits per heavy atom. The highest BCUT2D eigenvalue weighted by Crippen LogP contribution is 2.41. The molecule has 204 valence electrons. The number of carbonyl (C=O) groups excluding carboxylic acids is 3. The molecule has 0 aliphatic carbocycles. The fourth-order valence-electron chi connectivity index (χ4n) is 4.12. The first-order valence-electron chi connectivity index (χ1n) is 12.5. The van der Waals surface area contributed by atoms with Crippen LogP contribution in [0.5, 0.6) is 0 Å². The molecule has 2 heterocycles. The lowest BCUT2D eigenvalue weighted by molar-refractivity contribution is -0.269. The molecule has 2 aliphatic rings. The number of hydrogen-bond acceptors (Lipinski definition) is 8. The smallest absolute Gasteiger partial charge is 0.303 e. The molecule has 0 aromatic heterocycles. The summed E-state index contributed by atoms with van der Waals surface area (Å²) in [5.74, 6) is -1.71. The van der Waals surface area contributed by atoms with Crippen LogP contribution in [0.4, 0.5) is 0 Å². The van der Waals surface area contributed by atoms with Crippen LogP contribution >= 0.6 is 0 Å². The van der Waals surface area contributed by atoms with E-state index in [9.17, 15) is 19.5 Å². The van der Waals surface area contributed by atoms with Gasteiger partial charge in [0, 0.05) is 18.1 Å². The zero-order chi connectivity index (χ0) is 27.7. The SMILES string of the molecule is CC(=O)O[C@H]1[C@H](O)[C@@H](COCc2ccccc2)O[C@@H](O[Si](C)(C)C(C)(C)C)[C@@H]1N1C(=O)C(C)=C(C)C1=O. The largest absolute Gasteiger partial charge is 0.457 e. The van der Waals surface area contributed by atoms with Gasteiger partial charge in [0.2, 0.25) is 0 Å². The molecule has 1 saturated heterocycles. The van der Waals surface area contributed by atoms with Gasteiger partial charge in [-0.15, -0.1) is 0 Å². The normalized spacial score (nSPS) is 27.2. The van der Waals surface area contributed by atoms with E-state index >= 15 is 0 Å². The van der Waals surface area contributed by atoms with E-state index in [2.05, 4.69) is 20.8 Å². The molecule has 10 heteroatoms. The third-order valence-corrected chi connectivity index (χ3v) is 11.9. The molecule has 1 N–H and O–H groups in total. The molecule has 0 spiro atoms. The predicted molar refractivity (Wildman–Crippen MR) is 139 cm³/mol. The molecule has 0 saturated carbocycles. The van der Waals surface area contributed by atoms with Crippen LogP contribution in [0.25, 0.3) is 0 Å². The van der Waals surface area contributed by atoms with E-state index in [0.29, 0.717) is 11.1 Å². The van der Waals surface area contributed by atoms with Crippen molar-refractivity contribution in [2.24, 2.45) is 0 Å². The number of nitrogens with zero attached hydrogens (tertiary/aromatic N) is 1. The molecule has 2 aliphatic heterocycles. The average molecular weight is 534 g/mol. The van der Waals surface area contributed by atoms with Gasteiger partial charge in [-0.1, -0.05) is 51.1 Å². The first kappa shape index (κ1) is 29.2. The second kappa shape index (κ2) is 11.2. The van der Waals surface area contributed by atoms with Gasteiger partial charge >= 0.3 is 5.97 Å². The third-order valence-electron chi connectivity index (χ3n) is 7.49. The molecule has 5 atom stereocenters. The number of carbonyl (C=O) groups is 3. The van der Waals surface area contributed by atoms with Gasteiger partial charge in [-0.2, -0.15) is 0 Å². The maximum absolute atomic E-state index is 13.2. The van der Waals surface area contributed by atoms with Gasteiger partial charge in [-0.25, -0.2) is 0 Å². The maximum Gasteiger partial charge on any atom is 0.303 e. The fraction of sp³-hybridized carbons (Fsp3) is 0.593. The summed E-state index contributed by atoms with van der Waals surface area (Å²) < 4.78 is 24.2. The van der Waals surface area contributed by atoms with Crippen LogP contribution in [0.1, 0.15) is 47.1 Å². The van der Waals surface area contributed by atoms with E-state index in [1.165, 1.54) is 6.92 Å². The number of hydrogen-bond donors (Lipinski definition) is 1. The predicted octanol–water partition coefficient (Wildman–Crippen LogP) is 3.32. The number of aliphatic hydroxyl groups is 1. The Balaban J connectivity index is 1.96. The van der Waals surface area contributed by atoms with Gasteiger partial charge in [0.15, 0.2) is 20.7 Å². The second-order valence-electron chi connectivity index (χ2n) is 11.2. The molecule has 1 aromatic carbocycles. The first-order chi connectivity index (χ1) is 17.2. The summed E-state index contributed by atoms with van der Waals surface area (Å²) in [6.07, 6.45) is -4.70. The van der Waals surface area contributed by atoms with Crippen molar-refractivity contribution >= 4 is 26.1 Å². The zero-order valence-electron chi connectivity index (χ0n) is 22.9. The van der Waals surface area contributed by atoms with E-state index in [0.717, 1.165) is 10.5 Å². The number of ether oxygens (including phenoxy) is 3. The number of benzene rings is 1. The summed E-state index contributed by atoms with van der Waals surface area (Å²) in [5, 5.41) is 11.1. The Labute approximate surface area is 219 Å². The Bertz CT molecular complexity index is 1020. The number of rotatable bonds is 8.